The van der Waals surface area contributed by atoms with E-state index in [1.807, 2.05) is 0 Å². The molecule has 1 nitrogen and oxygen atoms in total. The van der Waals surface area contributed by atoms with E-state index in [-0.39, 0.29) is 6.15 Å². The molecule has 0 aromatic carbocycles. The van der Waals surface area contributed by atoms with Gasteiger partial charge in [0.25, 0.3) is 0 Å². The second kappa shape index (κ2) is 19.6. The van der Waals surface area contributed by atoms with Crippen LogP contribution >= 0.6 is 11.6 Å². The smallest absolute Gasteiger partial charge is 0.0223 e. The van der Waals surface area contributed by atoms with Gasteiger partial charge in [-0.3, -0.25) is 0 Å². The second-order valence-electron chi connectivity index (χ2n) is 7.60. The van der Waals surface area contributed by atoms with Gasteiger partial charge in [0.2, 0.25) is 0 Å². The fourth-order valence-electron chi connectivity index (χ4n) is 3.82. The second-order valence-corrected chi connectivity index (χ2v) is 7.97. The molecule has 148 valence electrons. The lowest BCUT2D eigenvalue weighted by Gasteiger charge is -2.30. The molecule has 0 amide bonds. The zero-order valence-corrected chi connectivity index (χ0v) is 18.1. The van der Waals surface area contributed by atoms with Gasteiger partial charge in [0.1, 0.15) is 0 Å². The van der Waals surface area contributed by atoms with E-state index in [0.717, 1.165) is 5.88 Å². The molecule has 0 aliphatic carbocycles. The standard InChI is InChI=1S/C22H45Cl.H3N/c1-4-22(5-2,6-3)20-18-16-14-12-10-8-7-9-11-13-15-17-19-21-23;/h4-21H2,1-3H3;1H3. The summed E-state index contributed by atoms with van der Waals surface area (Å²) in [5, 5.41) is 0. The van der Waals surface area contributed by atoms with E-state index < -0.39 is 0 Å². The third-order valence-electron chi connectivity index (χ3n) is 6.09. The molecule has 0 unspecified atom stereocenters. The number of rotatable bonds is 18. The Morgan fingerprint density at radius 1 is 0.500 bits per heavy atom. The molecule has 0 fully saturated rings. The summed E-state index contributed by atoms with van der Waals surface area (Å²) in [6, 6.07) is 0. The molecule has 0 aliphatic heterocycles. The predicted octanol–water partition coefficient (Wildman–Crippen LogP) is 9.07. The van der Waals surface area contributed by atoms with Crippen LogP contribution in [0.3, 0.4) is 0 Å². The molecule has 0 aromatic heterocycles. The summed E-state index contributed by atoms with van der Waals surface area (Å²) in [7, 11) is 0. The van der Waals surface area contributed by atoms with Gasteiger partial charge in [-0.05, 0) is 18.3 Å². The lowest BCUT2D eigenvalue weighted by Crippen LogP contribution is -2.17. The minimum absolute atomic E-state index is 0. The Morgan fingerprint density at radius 2 is 0.792 bits per heavy atom. The molecule has 0 aromatic rings. The molecule has 0 saturated heterocycles. The molecular formula is C22H48ClN. The van der Waals surface area contributed by atoms with Crippen molar-refractivity contribution in [1.82, 2.24) is 6.15 Å². The molecule has 0 spiro atoms. The number of alkyl halides is 1. The average molecular weight is 362 g/mol. The van der Waals surface area contributed by atoms with E-state index in [4.69, 9.17) is 11.6 Å². The molecule has 0 saturated carbocycles. The molecule has 0 bridgehead atoms. The van der Waals surface area contributed by atoms with Crippen molar-refractivity contribution in [1.29, 1.82) is 0 Å². The highest BCUT2D eigenvalue weighted by atomic mass is 35.5. The first-order chi connectivity index (χ1) is 11.2. The Labute approximate surface area is 159 Å². The minimum atomic E-state index is 0. The lowest BCUT2D eigenvalue weighted by atomic mass is 9.75. The van der Waals surface area contributed by atoms with E-state index in [1.54, 1.807) is 0 Å². The first kappa shape index (κ1) is 26.5. The number of unbranched alkanes of at least 4 members (excludes halogenated alkanes) is 12. The van der Waals surface area contributed by atoms with Crippen LogP contribution in [0.5, 0.6) is 0 Å². The predicted molar refractivity (Wildman–Crippen MR) is 114 cm³/mol. The highest BCUT2D eigenvalue weighted by Gasteiger charge is 2.22. The van der Waals surface area contributed by atoms with Gasteiger partial charge in [-0.25, -0.2) is 0 Å². The van der Waals surface area contributed by atoms with Gasteiger partial charge < -0.3 is 6.15 Å². The number of halogens is 1. The maximum atomic E-state index is 5.69. The first-order valence-electron chi connectivity index (χ1n) is 10.8. The Kier molecular flexibility index (Phi) is 21.6. The molecule has 2 heteroatoms. The Balaban J connectivity index is 0. The Bertz CT molecular complexity index is 218. The highest BCUT2D eigenvalue weighted by molar-refractivity contribution is 6.17. The number of hydrogen-bond donors (Lipinski definition) is 1. The summed E-state index contributed by atoms with van der Waals surface area (Å²) in [5.41, 5.74) is 0.657. The maximum absolute atomic E-state index is 5.69. The third kappa shape index (κ3) is 14.6. The van der Waals surface area contributed by atoms with Crippen LogP contribution in [0.1, 0.15) is 130 Å². The lowest BCUT2D eigenvalue weighted by molar-refractivity contribution is 0.220. The molecule has 24 heavy (non-hydrogen) atoms. The molecule has 3 N–H and O–H groups in total. The van der Waals surface area contributed by atoms with Gasteiger partial charge in [-0.1, -0.05) is 117 Å². The van der Waals surface area contributed by atoms with Crippen LogP contribution in [-0.2, 0) is 0 Å². The van der Waals surface area contributed by atoms with Gasteiger partial charge in [-0.2, -0.15) is 0 Å². The SMILES string of the molecule is CCC(CC)(CC)CCCCCCCCCCCCCCCCl.N. The van der Waals surface area contributed by atoms with Crippen molar-refractivity contribution in [2.75, 3.05) is 5.88 Å². The van der Waals surface area contributed by atoms with Crippen molar-refractivity contribution in [3.63, 3.8) is 0 Å². The first-order valence-corrected chi connectivity index (χ1v) is 11.3. The van der Waals surface area contributed by atoms with Crippen LogP contribution < -0.4 is 6.15 Å². The van der Waals surface area contributed by atoms with Crippen molar-refractivity contribution in [3.8, 4) is 0 Å². The molecule has 0 radical (unpaired) electrons. The largest absolute Gasteiger partial charge is 0.344 e. The Hall–Kier alpha value is 0.250. The monoisotopic (exact) mass is 361 g/mol. The molecule has 0 atom stereocenters. The summed E-state index contributed by atoms with van der Waals surface area (Å²) >= 11 is 5.69. The maximum Gasteiger partial charge on any atom is 0.0223 e. The zero-order valence-electron chi connectivity index (χ0n) is 17.3. The van der Waals surface area contributed by atoms with Crippen LogP contribution in [0.4, 0.5) is 0 Å². The molecule has 0 rings (SSSR count). The van der Waals surface area contributed by atoms with E-state index in [2.05, 4.69) is 20.8 Å². The van der Waals surface area contributed by atoms with Crippen LogP contribution in [0, 0.1) is 5.41 Å². The fraction of sp³-hybridized carbons (Fsp3) is 1.00. The van der Waals surface area contributed by atoms with Gasteiger partial charge in [0.15, 0.2) is 0 Å². The van der Waals surface area contributed by atoms with Gasteiger partial charge in [0.05, 0.1) is 0 Å². The summed E-state index contributed by atoms with van der Waals surface area (Å²) in [4.78, 5) is 0. The van der Waals surface area contributed by atoms with Crippen molar-refractivity contribution >= 4 is 11.6 Å². The number of hydrogen-bond acceptors (Lipinski definition) is 1. The normalized spacial score (nSPS) is 11.5. The fourth-order valence-corrected chi connectivity index (χ4v) is 4.01. The summed E-state index contributed by atoms with van der Waals surface area (Å²) in [6.07, 6.45) is 24.0. The highest BCUT2D eigenvalue weighted by Crippen LogP contribution is 2.36. The van der Waals surface area contributed by atoms with Crippen LogP contribution in [0.2, 0.25) is 0 Å². The van der Waals surface area contributed by atoms with Crippen molar-refractivity contribution in [2.24, 2.45) is 5.41 Å². The molecule has 0 heterocycles. The molecule has 0 aliphatic rings. The van der Waals surface area contributed by atoms with Gasteiger partial charge >= 0.3 is 0 Å². The quantitative estimate of drug-likeness (QED) is 0.191. The van der Waals surface area contributed by atoms with Crippen molar-refractivity contribution < 1.29 is 0 Å². The van der Waals surface area contributed by atoms with Gasteiger partial charge in [-0.15, -0.1) is 11.6 Å². The van der Waals surface area contributed by atoms with Gasteiger partial charge in [0, 0.05) is 5.88 Å². The molecular weight excluding hydrogens is 314 g/mol. The topological polar surface area (TPSA) is 35.0 Å². The average Bonchev–Trinajstić information content (AvgIpc) is 2.59. The van der Waals surface area contributed by atoms with E-state index in [9.17, 15) is 0 Å². The van der Waals surface area contributed by atoms with Crippen LogP contribution in [0.15, 0.2) is 0 Å². The van der Waals surface area contributed by atoms with E-state index >= 15 is 0 Å². The third-order valence-corrected chi connectivity index (χ3v) is 6.36. The summed E-state index contributed by atoms with van der Waals surface area (Å²) < 4.78 is 0. The minimum Gasteiger partial charge on any atom is -0.344 e. The van der Waals surface area contributed by atoms with Crippen molar-refractivity contribution in [2.45, 2.75) is 130 Å². The Morgan fingerprint density at radius 3 is 1.08 bits per heavy atom. The summed E-state index contributed by atoms with van der Waals surface area (Å²) in [6.45, 7) is 7.14. The van der Waals surface area contributed by atoms with Crippen LogP contribution in [0.25, 0.3) is 0 Å². The van der Waals surface area contributed by atoms with E-state index in [0.29, 0.717) is 5.41 Å². The van der Waals surface area contributed by atoms with Crippen LogP contribution in [-0.4, -0.2) is 5.88 Å². The van der Waals surface area contributed by atoms with E-state index in [1.165, 1.54) is 109 Å². The summed E-state index contributed by atoms with van der Waals surface area (Å²) in [5.74, 6) is 0.844. The zero-order chi connectivity index (χ0) is 17.2. The van der Waals surface area contributed by atoms with Crippen molar-refractivity contribution in [3.05, 3.63) is 0 Å².